The SMILES string of the molecule is CC(C)Cc1cnccc1CN1CN(c2ccc(SC(F)(F)F)cc2)CC12CC2. The molecule has 2 fully saturated rings. The Kier molecular flexibility index (Phi) is 5.55. The first-order chi connectivity index (χ1) is 13.7. The highest BCUT2D eigenvalue weighted by Gasteiger charge is 2.53. The first-order valence-corrected chi connectivity index (χ1v) is 10.8. The van der Waals surface area contributed by atoms with Crippen LogP contribution in [-0.4, -0.2) is 34.1 Å². The second-order valence-electron chi connectivity index (χ2n) is 8.55. The maximum atomic E-state index is 12.6. The molecular weight excluding hydrogens is 395 g/mol. The monoisotopic (exact) mass is 421 g/mol. The minimum Gasteiger partial charge on any atom is -0.357 e. The molecule has 7 heteroatoms. The number of pyridine rings is 1. The molecule has 29 heavy (non-hydrogen) atoms. The predicted molar refractivity (Wildman–Crippen MR) is 111 cm³/mol. The third-order valence-corrected chi connectivity index (χ3v) is 6.49. The Morgan fingerprint density at radius 3 is 2.45 bits per heavy atom. The molecule has 3 nitrogen and oxygen atoms in total. The van der Waals surface area contributed by atoms with Crippen LogP contribution in [0.4, 0.5) is 18.9 Å². The summed E-state index contributed by atoms with van der Waals surface area (Å²) in [6.45, 7) is 7.07. The number of halogens is 3. The van der Waals surface area contributed by atoms with Gasteiger partial charge in [0.25, 0.3) is 0 Å². The molecule has 0 N–H and O–H groups in total. The van der Waals surface area contributed by atoms with Gasteiger partial charge in [-0.1, -0.05) is 13.8 Å². The molecular formula is C22H26F3N3S. The molecule has 2 aromatic rings. The highest BCUT2D eigenvalue weighted by molar-refractivity contribution is 8.00. The van der Waals surface area contributed by atoms with E-state index in [9.17, 15) is 13.2 Å². The van der Waals surface area contributed by atoms with Gasteiger partial charge in [0.2, 0.25) is 0 Å². The zero-order valence-electron chi connectivity index (χ0n) is 16.7. The molecule has 2 aliphatic rings. The molecule has 0 unspecified atom stereocenters. The number of hydrogen-bond acceptors (Lipinski definition) is 4. The van der Waals surface area contributed by atoms with Crippen molar-refractivity contribution in [3.05, 3.63) is 53.9 Å². The van der Waals surface area contributed by atoms with Gasteiger partial charge in [-0.15, -0.1) is 0 Å². The van der Waals surface area contributed by atoms with Gasteiger partial charge in [-0.05, 0) is 78.4 Å². The van der Waals surface area contributed by atoms with Crippen molar-refractivity contribution < 1.29 is 13.2 Å². The van der Waals surface area contributed by atoms with E-state index in [1.165, 1.54) is 24.0 Å². The summed E-state index contributed by atoms with van der Waals surface area (Å²) >= 11 is -0.0621. The fourth-order valence-corrected chi connectivity index (χ4v) is 4.71. The van der Waals surface area contributed by atoms with Crippen LogP contribution in [0.25, 0.3) is 0 Å². The van der Waals surface area contributed by atoms with Crippen LogP contribution >= 0.6 is 11.8 Å². The zero-order valence-corrected chi connectivity index (χ0v) is 17.6. The number of thioether (sulfide) groups is 1. The molecule has 4 rings (SSSR count). The molecule has 0 atom stereocenters. The maximum absolute atomic E-state index is 12.6. The van der Waals surface area contributed by atoms with Crippen molar-refractivity contribution in [2.24, 2.45) is 5.92 Å². The smallest absolute Gasteiger partial charge is 0.357 e. The third-order valence-electron chi connectivity index (χ3n) is 5.75. The van der Waals surface area contributed by atoms with Crippen LogP contribution < -0.4 is 4.90 Å². The molecule has 1 aromatic heterocycles. The third kappa shape index (κ3) is 4.89. The van der Waals surface area contributed by atoms with Crippen LogP contribution in [0.2, 0.25) is 0 Å². The van der Waals surface area contributed by atoms with Crippen molar-refractivity contribution in [2.75, 3.05) is 18.1 Å². The average molecular weight is 422 g/mol. The summed E-state index contributed by atoms with van der Waals surface area (Å²) in [6.07, 6.45) is 7.22. The van der Waals surface area contributed by atoms with E-state index in [1.807, 2.05) is 24.5 Å². The number of anilines is 1. The van der Waals surface area contributed by atoms with Gasteiger partial charge in [-0.25, -0.2) is 0 Å². The standard InChI is InChI=1S/C22H26F3N3S/c1-16(2)11-18-12-26-10-7-17(18)13-28-15-27(14-21(28)8-9-21)19-3-5-20(6-4-19)29-22(23,24)25/h3-7,10,12,16H,8-9,11,13-15H2,1-2H3. The van der Waals surface area contributed by atoms with Crippen molar-refractivity contribution in [1.82, 2.24) is 9.88 Å². The molecule has 0 amide bonds. The number of nitrogens with zero attached hydrogens (tertiary/aromatic N) is 3. The second-order valence-corrected chi connectivity index (χ2v) is 9.68. The highest BCUT2D eigenvalue weighted by atomic mass is 32.2. The Bertz CT molecular complexity index is 847. The average Bonchev–Trinajstić information content (AvgIpc) is 3.32. The summed E-state index contributed by atoms with van der Waals surface area (Å²) in [6, 6.07) is 8.88. The molecule has 0 bridgehead atoms. The Morgan fingerprint density at radius 2 is 1.83 bits per heavy atom. The number of rotatable bonds is 6. The van der Waals surface area contributed by atoms with Crippen LogP contribution in [0.15, 0.2) is 47.6 Å². The van der Waals surface area contributed by atoms with E-state index in [-0.39, 0.29) is 22.2 Å². The van der Waals surface area contributed by atoms with Crippen molar-refractivity contribution in [3.63, 3.8) is 0 Å². The summed E-state index contributed by atoms with van der Waals surface area (Å²) in [5.74, 6) is 0.580. The van der Waals surface area contributed by atoms with Gasteiger partial charge in [0.1, 0.15) is 0 Å². The van der Waals surface area contributed by atoms with Crippen molar-refractivity contribution >= 4 is 17.4 Å². The molecule has 1 spiro atoms. The summed E-state index contributed by atoms with van der Waals surface area (Å²) in [4.78, 5) is 9.36. The van der Waals surface area contributed by atoms with Gasteiger partial charge in [-0.2, -0.15) is 13.2 Å². The number of alkyl halides is 3. The lowest BCUT2D eigenvalue weighted by atomic mass is 9.99. The van der Waals surface area contributed by atoms with Gasteiger partial charge >= 0.3 is 5.51 Å². The molecule has 1 saturated carbocycles. The number of aromatic nitrogens is 1. The van der Waals surface area contributed by atoms with Gasteiger partial charge in [-0.3, -0.25) is 9.88 Å². The highest BCUT2D eigenvalue weighted by Crippen LogP contribution is 2.48. The van der Waals surface area contributed by atoms with Gasteiger partial charge in [0.15, 0.2) is 0 Å². The predicted octanol–water partition coefficient (Wildman–Crippen LogP) is 5.70. The molecule has 156 valence electrons. The first-order valence-electron chi connectivity index (χ1n) is 10.0. The van der Waals surface area contributed by atoms with Crippen LogP contribution in [0, 0.1) is 5.92 Å². The lowest BCUT2D eigenvalue weighted by Crippen LogP contribution is -2.32. The van der Waals surface area contributed by atoms with E-state index < -0.39 is 5.51 Å². The molecule has 1 aliphatic carbocycles. The van der Waals surface area contributed by atoms with Crippen molar-refractivity contribution in [2.45, 2.75) is 55.6 Å². The van der Waals surface area contributed by atoms with E-state index in [4.69, 9.17) is 0 Å². The normalized spacial score (nSPS) is 18.8. The van der Waals surface area contributed by atoms with Crippen LogP contribution in [0.5, 0.6) is 0 Å². The van der Waals surface area contributed by atoms with Crippen molar-refractivity contribution in [3.8, 4) is 0 Å². The molecule has 1 aromatic carbocycles. The molecule has 0 radical (unpaired) electrons. The van der Waals surface area contributed by atoms with Gasteiger partial charge < -0.3 is 4.90 Å². The minimum absolute atomic E-state index is 0.0621. The Hall–Kier alpha value is -1.73. The van der Waals surface area contributed by atoms with E-state index >= 15 is 0 Å². The Labute approximate surface area is 174 Å². The number of hydrogen-bond donors (Lipinski definition) is 0. The summed E-state index contributed by atoms with van der Waals surface area (Å²) in [7, 11) is 0. The van der Waals surface area contributed by atoms with E-state index in [0.29, 0.717) is 5.92 Å². The first kappa shape index (κ1) is 20.5. The molecule has 1 aliphatic heterocycles. The minimum atomic E-state index is -4.25. The van der Waals surface area contributed by atoms with E-state index in [1.54, 1.807) is 12.1 Å². The fraction of sp³-hybridized carbons (Fsp3) is 0.500. The quantitative estimate of drug-likeness (QED) is 0.557. The fourth-order valence-electron chi connectivity index (χ4n) is 4.17. The van der Waals surface area contributed by atoms with Crippen molar-refractivity contribution in [1.29, 1.82) is 0 Å². The van der Waals surface area contributed by atoms with Gasteiger partial charge in [0, 0.05) is 41.6 Å². The largest absolute Gasteiger partial charge is 0.446 e. The summed E-state index contributed by atoms with van der Waals surface area (Å²) < 4.78 is 37.7. The van der Waals surface area contributed by atoms with E-state index in [0.717, 1.165) is 31.9 Å². The Balaban J connectivity index is 1.47. The zero-order chi connectivity index (χ0) is 20.6. The molecule has 2 heterocycles. The van der Waals surface area contributed by atoms with Crippen LogP contribution in [-0.2, 0) is 13.0 Å². The van der Waals surface area contributed by atoms with E-state index in [2.05, 4.69) is 34.7 Å². The lowest BCUT2D eigenvalue weighted by molar-refractivity contribution is -0.0328. The summed E-state index contributed by atoms with van der Waals surface area (Å²) in [5, 5.41) is 0. The van der Waals surface area contributed by atoms with Crippen LogP contribution in [0.3, 0.4) is 0 Å². The Morgan fingerprint density at radius 1 is 1.10 bits per heavy atom. The van der Waals surface area contributed by atoms with Gasteiger partial charge in [0.05, 0.1) is 6.67 Å². The maximum Gasteiger partial charge on any atom is 0.446 e. The second kappa shape index (κ2) is 7.84. The number of benzene rings is 1. The summed E-state index contributed by atoms with van der Waals surface area (Å²) in [5.41, 5.74) is -0.411. The molecule has 1 saturated heterocycles. The van der Waals surface area contributed by atoms with Crippen LogP contribution in [0.1, 0.15) is 37.8 Å². The topological polar surface area (TPSA) is 19.4 Å². The lowest BCUT2D eigenvalue weighted by Gasteiger charge is -2.24.